The Morgan fingerprint density at radius 3 is 1.43 bits per heavy atom. The molecule has 0 aromatic heterocycles. The van der Waals surface area contributed by atoms with Gasteiger partial charge in [-0.2, -0.15) is 26.3 Å². The molecule has 0 unspecified atom stereocenters. The number of carbonyl (C=O) groups excluding carboxylic acids is 1. The number of esters is 1. The summed E-state index contributed by atoms with van der Waals surface area (Å²) in [6.45, 7) is 8.05. The molecule has 0 N–H and O–H groups in total. The van der Waals surface area contributed by atoms with E-state index in [2.05, 4.69) is 11.3 Å². The third kappa shape index (κ3) is 3.34. The van der Waals surface area contributed by atoms with E-state index >= 15 is 0 Å². The van der Waals surface area contributed by atoms with Crippen molar-refractivity contribution in [2.75, 3.05) is 0 Å². The minimum absolute atomic E-state index is 0.414. The Morgan fingerprint density at radius 1 is 0.957 bits per heavy atom. The summed E-state index contributed by atoms with van der Waals surface area (Å²) in [5.74, 6) is -4.61. The zero-order valence-corrected chi connectivity index (χ0v) is 13.4. The highest BCUT2D eigenvalue weighted by Crippen LogP contribution is 2.54. The molecule has 0 aliphatic rings. The van der Waals surface area contributed by atoms with E-state index in [0.29, 0.717) is 0 Å². The van der Waals surface area contributed by atoms with Crippen LogP contribution in [0.15, 0.2) is 12.2 Å². The van der Waals surface area contributed by atoms with Crippen LogP contribution in [0, 0.1) is 11.8 Å². The Morgan fingerprint density at radius 2 is 1.26 bits per heavy atom. The maximum Gasteiger partial charge on any atom is 0.392 e. The lowest BCUT2D eigenvalue weighted by atomic mass is 9.67. The van der Waals surface area contributed by atoms with Crippen LogP contribution in [-0.4, -0.2) is 29.5 Å². The van der Waals surface area contributed by atoms with Crippen LogP contribution in [0.25, 0.3) is 0 Å². The summed E-state index contributed by atoms with van der Waals surface area (Å²) in [4.78, 5) is 11.7. The third-order valence-corrected chi connectivity index (χ3v) is 3.67. The number of rotatable bonds is 5. The molecule has 0 aromatic rings. The van der Waals surface area contributed by atoms with Gasteiger partial charge in [0, 0.05) is 5.57 Å². The van der Waals surface area contributed by atoms with Crippen LogP contribution in [0.1, 0.15) is 34.6 Å². The Labute approximate surface area is 130 Å². The van der Waals surface area contributed by atoms with Gasteiger partial charge in [0.2, 0.25) is 0 Å². The lowest BCUT2D eigenvalue weighted by Gasteiger charge is -2.59. The molecule has 23 heavy (non-hydrogen) atoms. The first kappa shape index (κ1) is 21.8. The molecular weight excluding hydrogens is 330 g/mol. The topological polar surface area (TPSA) is 49.4 Å². The average Bonchev–Trinajstić information content (AvgIpc) is 2.30. The number of ether oxygens (including phenoxy) is 1. The van der Waals surface area contributed by atoms with Crippen molar-refractivity contribution in [1.29, 1.82) is 0 Å². The summed E-state index contributed by atoms with van der Waals surface area (Å²) >= 11 is 0. The van der Waals surface area contributed by atoms with E-state index in [1.165, 1.54) is 0 Å². The highest BCUT2D eigenvalue weighted by molar-refractivity contribution is 5.87. The van der Waals surface area contributed by atoms with Crippen LogP contribution >= 0.6 is 0 Å². The molecule has 0 heterocycles. The van der Waals surface area contributed by atoms with E-state index in [9.17, 15) is 36.2 Å². The smallest absolute Gasteiger partial charge is 0.392 e. The van der Waals surface area contributed by atoms with Crippen LogP contribution in [0.3, 0.4) is 0 Å². The van der Waals surface area contributed by atoms with Crippen molar-refractivity contribution in [3.05, 3.63) is 12.2 Å². The van der Waals surface area contributed by atoms with Gasteiger partial charge in [-0.15, -0.1) is 0 Å². The monoisotopic (exact) mass is 349 g/mol. The highest BCUT2D eigenvalue weighted by atomic mass is 19.4. The van der Waals surface area contributed by atoms with Crippen molar-refractivity contribution in [1.82, 2.24) is 0 Å². The van der Waals surface area contributed by atoms with Gasteiger partial charge < -0.3 is 9.84 Å². The van der Waals surface area contributed by atoms with Crippen LogP contribution in [0.4, 0.5) is 26.3 Å². The van der Waals surface area contributed by atoms with E-state index in [1.54, 1.807) is 0 Å². The molecular formula is C14H19F6O3-. The fourth-order valence-electron chi connectivity index (χ4n) is 2.63. The summed E-state index contributed by atoms with van der Waals surface area (Å²) in [5.41, 5.74) is -9.29. The predicted octanol–water partition coefficient (Wildman–Crippen LogP) is 3.38. The highest BCUT2D eigenvalue weighted by Gasteiger charge is 2.75. The number of carbonyl (C=O) groups is 1. The first-order valence-electron chi connectivity index (χ1n) is 6.69. The van der Waals surface area contributed by atoms with Gasteiger partial charge in [-0.1, -0.05) is 34.3 Å². The molecule has 0 bridgehead atoms. The second-order valence-corrected chi connectivity index (χ2v) is 5.95. The van der Waals surface area contributed by atoms with Crippen molar-refractivity contribution in [3.8, 4) is 0 Å². The molecule has 3 nitrogen and oxygen atoms in total. The predicted molar refractivity (Wildman–Crippen MR) is 68.2 cm³/mol. The fourth-order valence-corrected chi connectivity index (χ4v) is 2.63. The molecule has 0 fully saturated rings. The summed E-state index contributed by atoms with van der Waals surface area (Å²) in [6, 6.07) is 0. The van der Waals surface area contributed by atoms with Crippen molar-refractivity contribution in [2.45, 2.75) is 58.2 Å². The first-order chi connectivity index (χ1) is 9.96. The van der Waals surface area contributed by atoms with Crippen LogP contribution < -0.4 is 5.11 Å². The molecule has 0 rings (SSSR count). The number of halogens is 6. The molecule has 0 saturated carbocycles. The van der Waals surface area contributed by atoms with Crippen LogP contribution in [-0.2, 0) is 9.53 Å². The van der Waals surface area contributed by atoms with E-state index in [-0.39, 0.29) is 0 Å². The van der Waals surface area contributed by atoms with Crippen molar-refractivity contribution in [2.24, 2.45) is 11.8 Å². The summed E-state index contributed by atoms with van der Waals surface area (Å²) in [7, 11) is 0. The van der Waals surface area contributed by atoms with Gasteiger partial charge in [-0.3, -0.25) is 0 Å². The molecule has 0 amide bonds. The molecule has 136 valence electrons. The van der Waals surface area contributed by atoms with Crippen LogP contribution in [0.2, 0.25) is 0 Å². The van der Waals surface area contributed by atoms with Crippen LogP contribution in [0.5, 0.6) is 0 Å². The SMILES string of the molecule is C=C(C)C(=O)OC(C(C)C)(C(C)C)C([O-])(C(F)(F)F)C(F)(F)F. The quantitative estimate of drug-likeness (QED) is 0.434. The van der Waals surface area contributed by atoms with Gasteiger partial charge in [-0.05, 0) is 18.8 Å². The maximum atomic E-state index is 13.2. The minimum atomic E-state index is -6.23. The van der Waals surface area contributed by atoms with E-state index in [4.69, 9.17) is 0 Å². The molecule has 0 aliphatic heterocycles. The molecule has 0 saturated heterocycles. The Kier molecular flexibility index (Phi) is 5.99. The van der Waals surface area contributed by atoms with Crippen molar-refractivity contribution in [3.63, 3.8) is 0 Å². The number of alkyl halides is 6. The Hall–Kier alpha value is -1.25. The number of hydrogen-bond donors (Lipinski definition) is 0. The normalized spacial score (nSPS) is 14.3. The fraction of sp³-hybridized carbons (Fsp3) is 0.786. The molecule has 0 atom stereocenters. The molecule has 0 aliphatic carbocycles. The van der Waals surface area contributed by atoms with Crippen molar-refractivity contribution >= 4 is 5.97 Å². The molecule has 0 aromatic carbocycles. The van der Waals surface area contributed by atoms with E-state index in [1.807, 2.05) is 0 Å². The summed E-state index contributed by atoms with van der Waals surface area (Å²) in [5, 5.41) is 12.3. The zero-order chi connectivity index (χ0) is 19.0. The summed E-state index contributed by atoms with van der Waals surface area (Å²) < 4.78 is 83.9. The minimum Gasteiger partial charge on any atom is -0.833 e. The largest absolute Gasteiger partial charge is 0.833 e. The Balaban J connectivity index is 6.73. The summed E-state index contributed by atoms with van der Waals surface area (Å²) in [6.07, 6.45) is -12.5. The maximum absolute atomic E-state index is 13.2. The molecule has 0 spiro atoms. The Bertz CT molecular complexity index is 440. The van der Waals surface area contributed by atoms with E-state index in [0.717, 1.165) is 34.6 Å². The van der Waals surface area contributed by atoms with Gasteiger partial charge in [-0.25, -0.2) is 4.79 Å². The number of hydrogen-bond acceptors (Lipinski definition) is 3. The zero-order valence-electron chi connectivity index (χ0n) is 13.4. The second kappa shape index (κ2) is 6.33. The second-order valence-electron chi connectivity index (χ2n) is 5.95. The van der Waals surface area contributed by atoms with Gasteiger partial charge in [0.1, 0.15) is 11.2 Å². The lowest BCUT2D eigenvalue weighted by Crippen LogP contribution is -2.82. The van der Waals surface area contributed by atoms with Gasteiger partial charge in [0.05, 0.1) is 0 Å². The molecule has 9 heteroatoms. The van der Waals surface area contributed by atoms with Gasteiger partial charge in [0.25, 0.3) is 0 Å². The third-order valence-electron chi connectivity index (χ3n) is 3.67. The lowest BCUT2D eigenvalue weighted by molar-refractivity contribution is -0.626. The van der Waals surface area contributed by atoms with Crippen molar-refractivity contribution < 1.29 is 41.0 Å². The molecule has 0 radical (unpaired) electrons. The van der Waals surface area contributed by atoms with E-state index < -0.39 is 46.9 Å². The average molecular weight is 349 g/mol. The van der Waals surface area contributed by atoms with Gasteiger partial charge >= 0.3 is 18.3 Å². The standard InChI is InChI=1S/C14H19F6O3/c1-7(2)10(21)23-11(8(3)4,9(5)6)12(22,13(15,16)17)14(18,19)20/h8-9H,1H2,2-6H3/q-1. The van der Waals surface area contributed by atoms with Gasteiger partial charge in [0.15, 0.2) is 0 Å². The first-order valence-corrected chi connectivity index (χ1v) is 6.69.